The van der Waals surface area contributed by atoms with E-state index in [0.717, 1.165) is 0 Å². The zero-order valence-corrected chi connectivity index (χ0v) is 7.58. The average Bonchev–Trinajstić information content (AvgIpc) is 2.02. The first-order valence-corrected chi connectivity index (χ1v) is 4.10. The molecule has 0 saturated heterocycles. The van der Waals surface area contributed by atoms with E-state index in [-0.39, 0.29) is 11.4 Å². The number of rotatable bonds is 1. The third-order valence-electron chi connectivity index (χ3n) is 1.67. The first kappa shape index (κ1) is 11.1. The van der Waals surface area contributed by atoms with E-state index in [1.54, 1.807) is 0 Å². The molecule has 1 rings (SSSR count). The van der Waals surface area contributed by atoms with E-state index in [9.17, 15) is 17.6 Å². The lowest BCUT2D eigenvalue weighted by molar-refractivity contribution is -0.137. The van der Waals surface area contributed by atoms with E-state index in [4.69, 9.17) is 17.3 Å². The second-order valence-electron chi connectivity index (χ2n) is 2.66. The highest BCUT2D eigenvalue weighted by molar-refractivity contribution is 6.17. The molecule has 0 unspecified atom stereocenters. The van der Waals surface area contributed by atoms with Gasteiger partial charge in [-0.1, -0.05) is 0 Å². The number of hydrogen-bond donors (Lipinski definition) is 1. The Labute approximate surface area is 82.5 Å². The Balaban J connectivity index is 3.32. The van der Waals surface area contributed by atoms with Gasteiger partial charge in [0.05, 0.1) is 11.4 Å². The molecule has 0 fully saturated rings. The molecule has 0 atom stereocenters. The van der Waals surface area contributed by atoms with Gasteiger partial charge in [0, 0.05) is 11.3 Å². The number of nitrogen functional groups attached to an aromatic ring is 1. The Kier molecular flexibility index (Phi) is 2.89. The van der Waals surface area contributed by atoms with Crippen LogP contribution in [0.15, 0.2) is 12.1 Å². The summed E-state index contributed by atoms with van der Waals surface area (Å²) >= 11 is 5.26. The van der Waals surface area contributed by atoms with Gasteiger partial charge in [-0.3, -0.25) is 0 Å². The highest BCUT2D eigenvalue weighted by Gasteiger charge is 2.33. The zero-order chi connectivity index (χ0) is 10.9. The van der Waals surface area contributed by atoms with Gasteiger partial charge in [-0.2, -0.15) is 13.2 Å². The van der Waals surface area contributed by atoms with Crippen LogP contribution < -0.4 is 5.73 Å². The van der Waals surface area contributed by atoms with Crippen LogP contribution in [0.4, 0.5) is 23.2 Å². The molecule has 0 radical (unpaired) electrons. The largest absolute Gasteiger partial charge is 0.418 e. The number of nitrogens with two attached hydrogens (primary N) is 1. The van der Waals surface area contributed by atoms with Crippen molar-refractivity contribution in [2.45, 2.75) is 12.1 Å². The zero-order valence-electron chi connectivity index (χ0n) is 6.83. The van der Waals surface area contributed by atoms with Crippen LogP contribution in [0.5, 0.6) is 0 Å². The van der Waals surface area contributed by atoms with Crippen molar-refractivity contribution in [3.8, 4) is 0 Å². The maximum absolute atomic E-state index is 12.9. The molecule has 0 aromatic heterocycles. The molecule has 2 N–H and O–H groups in total. The Hall–Kier alpha value is -0.970. The summed E-state index contributed by atoms with van der Waals surface area (Å²) < 4.78 is 49.6. The first-order valence-electron chi connectivity index (χ1n) is 3.57. The predicted molar refractivity (Wildman–Crippen MR) is 45.4 cm³/mol. The fraction of sp³-hybridized carbons (Fsp3) is 0.250. The number of anilines is 1. The Bertz CT molecular complexity index is 348. The van der Waals surface area contributed by atoms with Gasteiger partial charge >= 0.3 is 6.18 Å². The Morgan fingerprint density at radius 1 is 1.29 bits per heavy atom. The summed E-state index contributed by atoms with van der Waals surface area (Å²) in [6.07, 6.45) is -4.58. The summed E-state index contributed by atoms with van der Waals surface area (Å²) in [6, 6.07) is 1.25. The molecule has 78 valence electrons. The van der Waals surface area contributed by atoms with Crippen molar-refractivity contribution in [2.75, 3.05) is 5.73 Å². The van der Waals surface area contributed by atoms with Crippen molar-refractivity contribution < 1.29 is 17.6 Å². The van der Waals surface area contributed by atoms with Crippen LogP contribution >= 0.6 is 11.6 Å². The van der Waals surface area contributed by atoms with Crippen LogP contribution in [0.25, 0.3) is 0 Å². The fourth-order valence-electron chi connectivity index (χ4n) is 0.981. The van der Waals surface area contributed by atoms with Gasteiger partial charge in [-0.25, -0.2) is 4.39 Å². The van der Waals surface area contributed by atoms with Crippen LogP contribution in [-0.2, 0) is 12.1 Å². The third kappa shape index (κ3) is 2.09. The maximum atomic E-state index is 12.9. The number of hydrogen-bond acceptors (Lipinski definition) is 1. The van der Waals surface area contributed by atoms with Crippen molar-refractivity contribution in [2.24, 2.45) is 0 Å². The van der Waals surface area contributed by atoms with Crippen LogP contribution in [-0.4, -0.2) is 0 Å². The maximum Gasteiger partial charge on any atom is 0.418 e. The lowest BCUT2D eigenvalue weighted by Crippen LogP contribution is -2.10. The molecule has 0 aliphatic carbocycles. The molecular weight excluding hydrogens is 222 g/mol. The molecule has 1 aromatic rings. The average molecular weight is 228 g/mol. The van der Waals surface area contributed by atoms with E-state index in [1.807, 2.05) is 0 Å². The van der Waals surface area contributed by atoms with E-state index < -0.39 is 23.2 Å². The number of halogens is 5. The van der Waals surface area contributed by atoms with Gasteiger partial charge in [0.2, 0.25) is 0 Å². The molecule has 0 aliphatic heterocycles. The van der Waals surface area contributed by atoms with Crippen molar-refractivity contribution in [3.63, 3.8) is 0 Å². The molecule has 1 nitrogen and oxygen atoms in total. The summed E-state index contributed by atoms with van der Waals surface area (Å²) in [7, 11) is 0. The van der Waals surface area contributed by atoms with E-state index >= 15 is 0 Å². The SMILES string of the molecule is Nc1cc(F)c(CCl)cc1C(F)(F)F. The van der Waals surface area contributed by atoms with Gasteiger partial charge in [0.25, 0.3) is 0 Å². The molecular formula is C8H6ClF4N. The summed E-state index contributed by atoms with van der Waals surface area (Å²) in [6.45, 7) is 0. The second-order valence-corrected chi connectivity index (χ2v) is 2.93. The molecule has 14 heavy (non-hydrogen) atoms. The highest BCUT2D eigenvalue weighted by atomic mass is 35.5. The third-order valence-corrected chi connectivity index (χ3v) is 1.96. The normalized spacial score (nSPS) is 11.8. The van der Waals surface area contributed by atoms with Crippen LogP contribution in [0.2, 0.25) is 0 Å². The molecule has 0 aliphatic rings. The molecule has 1 aromatic carbocycles. The standard InChI is InChI=1S/C8H6ClF4N/c9-3-4-1-5(8(11,12)13)7(14)2-6(4)10/h1-2H,3,14H2. The second kappa shape index (κ2) is 3.65. The monoisotopic (exact) mass is 227 g/mol. The first-order chi connectivity index (χ1) is 6.36. The molecule has 0 spiro atoms. The molecule has 0 heterocycles. The molecule has 6 heteroatoms. The summed E-state index contributed by atoms with van der Waals surface area (Å²) in [4.78, 5) is 0. The van der Waals surface area contributed by atoms with Crippen LogP contribution in [0, 0.1) is 5.82 Å². The molecule has 0 amide bonds. The predicted octanol–water partition coefficient (Wildman–Crippen LogP) is 3.17. The minimum Gasteiger partial charge on any atom is -0.398 e. The highest BCUT2D eigenvalue weighted by Crippen LogP contribution is 2.35. The van der Waals surface area contributed by atoms with E-state index in [1.165, 1.54) is 0 Å². The lowest BCUT2D eigenvalue weighted by atomic mass is 10.1. The van der Waals surface area contributed by atoms with Crippen molar-refractivity contribution in [3.05, 3.63) is 29.1 Å². The summed E-state index contributed by atoms with van der Waals surface area (Å²) in [5, 5.41) is 0. The van der Waals surface area contributed by atoms with E-state index in [2.05, 4.69) is 0 Å². The van der Waals surface area contributed by atoms with Gasteiger partial charge in [-0.05, 0) is 12.1 Å². The van der Waals surface area contributed by atoms with Crippen molar-refractivity contribution >= 4 is 17.3 Å². The minimum absolute atomic E-state index is 0.215. The minimum atomic E-state index is -4.58. The number of benzene rings is 1. The van der Waals surface area contributed by atoms with E-state index in [0.29, 0.717) is 12.1 Å². The molecule has 0 saturated carbocycles. The Morgan fingerprint density at radius 3 is 2.29 bits per heavy atom. The lowest BCUT2D eigenvalue weighted by Gasteiger charge is -2.11. The molecule has 0 bridgehead atoms. The van der Waals surface area contributed by atoms with Crippen LogP contribution in [0.1, 0.15) is 11.1 Å². The van der Waals surface area contributed by atoms with Gasteiger partial charge in [0.1, 0.15) is 5.82 Å². The quantitative estimate of drug-likeness (QED) is 0.445. The fourth-order valence-corrected chi connectivity index (χ4v) is 1.19. The Morgan fingerprint density at radius 2 is 1.86 bits per heavy atom. The summed E-state index contributed by atoms with van der Waals surface area (Å²) in [5.41, 5.74) is 3.12. The van der Waals surface area contributed by atoms with Crippen molar-refractivity contribution in [1.29, 1.82) is 0 Å². The number of alkyl halides is 4. The van der Waals surface area contributed by atoms with Gasteiger partial charge in [0.15, 0.2) is 0 Å². The topological polar surface area (TPSA) is 26.0 Å². The van der Waals surface area contributed by atoms with Crippen molar-refractivity contribution in [1.82, 2.24) is 0 Å². The van der Waals surface area contributed by atoms with Gasteiger partial charge < -0.3 is 5.73 Å². The smallest absolute Gasteiger partial charge is 0.398 e. The summed E-state index contributed by atoms with van der Waals surface area (Å²) in [5.74, 6) is -1.15. The van der Waals surface area contributed by atoms with Crippen LogP contribution in [0.3, 0.4) is 0 Å². The van der Waals surface area contributed by atoms with Gasteiger partial charge in [-0.15, -0.1) is 11.6 Å².